The summed E-state index contributed by atoms with van der Waals surface area (Å²) in [7, 11) is 0. The van der Waals surface area contributed by atoms with E-state index in [1.54, 1.807) is 41.5 Å². The van der Waals surface area contributed by atoms with Gasteiger partial charge in [0.2, 0.25) is 0 Å². The van der Waals surface area contributed by atoms with Crippen LogP contribution in [0.1, 0.15) is 54.4 Å². The molecule has 1 amide bonds. The first kappa shape index (κ1) is 19.7. The molecule has 21 heavy (non-hydrogen) atoms. The third-order valence-corrected chi connectivity index (χ3v) is 2.02. The molecule has 1 heterocycles. The third-order valence-electron chi connectivity index (χ3n) is 2.02. The number of alkyl carbamates (subject to hydrolysis) is 1. The number of hydrogen-bond donors (Lipinski definition) is 1. The van der Waals surface area contributed by atoms with Crippen molar-refractivity contribution in [2.45, 2.75) is 65.6 Å². The van der Waals surface area contributed by atoms with Crippen LogP contribution in [0.25, 0.3) is 0 Å². The molecule has 6 nitrogen and oxygen atoms in total. The summed E-state index contributed by atoms with van der Waals surface area (Å²) in [5.74, 6) is -0.488. The third kappa shape index (κ3) is 14.9. The van der Waals surface area contributed by atoms with Crippen LogP contribution in [0.4, 0.5) is 4.79 Å². The summed E-state index contributed by atoms with van der Waals surface area (Å²) in [6.07, 6.45) is 1.93. The fourth-order valence-electron chi connectivity index (χ4n) is 1.35. The predicted octanol–water partition coefficient (Wildman–Crippen LogP) is 2.65. The minimum atomic E-state index is -0.627. The minimum absolute atomic E-state index is 0.188. The fraction of sp³-hybridized carbons (Fsp3) is 0.867. The lowest BCUT2D eigenvalue weighted by Crippen LogP contribution is -2.37. The van der Waals surface area contributed by atoms with Crippen LogP contribution in [0.5, 0.6) is 0 Å². The van der Waals surface area contributed by atoms with Gasteiger partial charge in [0.25, 0.3) is 0 Å². The van der Waals surface area contributed by atoms with Gasteiger partial charge in [-0.25, -0.2) is 4.79 Å². The van der Waals surface area contributed by atoms with Crippen LogP contribution in [0.2, 0.25) is 0 Å². The van der Waals surface area contributed by atoms with E-state index in [0.29, 0.717) is 0 Å². The molecule has 1 rings (SSSR count). The van der Waals surface area contributed by atoms with Gasteiger partial charge in [-0.2, -0.15) is 0 Å². The molecule has 1 aliphatic rings. The molecule has 0 spiro atoms. The average molecular weight is 303 g/mol. The van der Waals surface area contributed by atoms with Gasteiger partial charge in [0.15, 0.2) is 0 Å². The second-order valence-corrected chi connectivity index (χ2v) is 6.76. The molecule has 0 atom stereocenters. The molecule has 1 N–H and O–H groups in total. The molecule has 0 bridgehead atoms. The van der Waals surface area contributed by atoms with Crippen LogP contribution < -0.4 is 5.32 Å². The van der Waals surface area contributed by atoms with Gasteiger partial charge in [0.1, 0.15) is 17.7 Å². The molecule has 0 aromatic heterocycles. The van der Waals surface area contributed by atoms with Gasteiger partial charge in [0, 0.05) is 13.2 Å². The van der Waals surface area contributed by atoms with Crippen molar-refractivity contribution in [2.75, 3.05) is 19.8 Å². The van der Waals surface area contributed by atoms with Crippen molar-refractivity contribution in [2.24, 2.45) is 0 Å². The van der Waals surface area contributed by atoms with E-state index in [9.17, 15) is 9.59 Å². The van der Waals surface area contributed by atoms with Gasteiger partial charge in [0.05, 0.1) is 0 Å². The largest absolute Gasteiger partial charge is 0.459 e. The van der Waals surface area contributed by atoms with Gasteiger partial charge in [-0.05, 0) is 54.4 Å². The molecular weight excluding hydrogens is 274 g/mol. The summed E-state index contributed by atoms with van der Waals surface area (Å²) < 4.78 is 14.9. The number of esters is 1. The van der Waals surface area contributed by atoms with Crippen molar-refractivity contribution < 1.29 is 23.8 Å². The van der Waals surface area contributed by atoms with E-state index in [4.69, 9.17) is 14.2 Å². The first-order valence-corrected chi connectivity index (χ1v) is 7.26. The van der Waals surface area contributed by atoms with E-state index in [1.807, 2.05) is 0 Å². The summed E-state index contributed by atoms with van der Waals surface area (Å²) >= 11 is 0. The molecule has 6 heteroatoms. The monoisotopic (exact) mass is 303 g/mol. The molecule has 1 fully saturated rings. The maximum absolute atomic E-state index is 11.2. The quantitative estimate of drug-likeness (QED) is 0.794. The number of nitrogens with one attached hydrogen (secondary N) is 1. The van der Waals surface area contributed by atoms with Crippen LogP contribution in [0, 0.1) is 0 Å². The maximum Gasteiger partial charge on any atom is 0.408 e. The normalized spacial score (nSPS) is 14.8. The minimum Gasteiger partial charge on any atom is -0.459 e. The molecule has 0 aliphatic carbocycles. The zero-order valence-electron chi connectivity index (χ0n) is 14.1. The fourth-order valence-corrected chi connectivity index (χ4v) is 1.35. The van der Waals surface area contributed by atoms with E-state index in [1.165, 1.54) is 12.8 Å². The van der Waals surface area contributed by atoms with Crippen LogP contribution in [-0.2, 0) is 19.0 Å². The lowest BCUT2D eigenvalue weighted by Gasteiger charge is -2.21. The van der Waals surface area contributed by atoms with E-state index >= 15 is 0 Å². The average Bonchev–Trinajstić information content (AvgIpc) is 2.79. The highest BCUT2D eigenvalue weighted by molar-refractivity contribution is 5.78. The van der Waals surface area contributed by atoms with Gasteiger partial charge in [-0.3, -0.25) is 4.79 Å². The molecule has 1 aliphatic heterocycles. The Morgan fingerprint density at radius 1 is 0.952 bits per heavy atom. The van der Waals surface area contributed by atoms with E-state index in [0.717, 1.165) is 13.2 Å². The predicted molar refractivity (Wildman–Crippen MR) is 80.1 cm³/mol. The second-order valence-electron chi connectivity index (χ2n) is 6.76. The summed E-state index contributed by atoms with van der Waals surface area (Å²) in [6.45, 7) is 12.3. The molecular formula is C15H29NO5. The Morgan fingerprint density at radius 3 is 1.76 bits per heavy atom. The topological polar surface area (TPSA) is 73.9 Å². The molecule has 0 radical (unpaired) electrons. The summed E-state index contributed by atoms with van der Waals surface area (Å²) in [5, 5.41) is 2.33. The Balaban J connectivity index is 0.000000662. The molecule has 0 saturated carbocycles. The Morgan fingerprint density at radius 2 is 1.43 bits per heavy atom. The molecule has 124 valence electrons. The SMILES string of the molecule is C1CCOC1.CC(C)(C)OC(=O)CNC(=O)OC(C)(C)C. The molecule has 0 aromatic rings. The van der Waals surface area contributed by atoms with E-state index < -0.39 is 23.3 Å². The smallest absolute Gasteiger partial charge is 0.408 e. The maximum atomic E-state index is 11.2. The van der Waals surface area contributed by atoms with Crippen molar-refractivity contribution in [3.05, 3.63) is 0 Å². The first-order chi connectivity index (χ1) is 9.49. The van der Waals surface area contributed by atoms with Crippen molar-refractivity contribution in [3.63, 3.8) is 0 Å². The lowest BCUT2D eigenvalue weighted by molar-refractivity contribution is -0.153. The highest BCUT2D eigenvalue weighted by Gasteiger charge is 2.19. The summed E-state index contributed by atoms with van der Waals surface area (Å²) in [4.78, 5) is 22.4. The molecule has 0 aromatic carbocycles. The summed E-state index contributed by atoms with van der Waals surface area (Å²) in [5.41, 5.74) is -1.12. The van der Waals surface area contributed by atoms with Crippen molar-refractivity contribution in [3.8, 4) is 0 Å². The highest BCUT2D eigenvalue weighted by Crippen LogP contribution is 2.07. The van der Waals surface area contributed by atoms with Crippen LogP contribution >= 0.6 is 0 Å². The second kappa shape index (κ2) is 8.87. The number of carbonyl (C=O) groups excluding carboxylic acids is 2. The number of ether oxygens (including phenoxy) is 3. The zero-order valence-corrected chi connectivity index (χ0v) is 14.1. The number of amides is 1. The number of hydrogen-bond acceptors (Lipinski definition) is 5. The van der Waals surface area contributed by atoms with Crippen LogP contribution in [-0.4, -0.2) is 43.0 Å². The zero-order chi connectivity index (χ0) is 16.5. The Kier molecular flexibility index (Phi) is 8.32. The van der Waals surface area contributed by atoms with Gasteiger partial charge in [-0.15, -0.1) is 0 Å². The van der Waals surface area contributed by atoms with Crippen molar-refractivity contribution >= 4 is 12.1 Å². The van der Waals surface area contributed by atoms with E-state index in [2.05, 4.69) is 5.32 Å². The highest BCUT2D eigenvalue weighted by atomic mass is 16.6. The van der Waals surface area contributed by atoms with Gasteiger partial charge >= 0.3 is 12.1 Å². The van der Waals surface area contributed by atoms with Crippen LogP contribution in [0.15, 0.2) is 0 Å². The Hall–Kier alpha value is -1.30. The van der Waals surface area contributed by atoms with Gasteiger partial charge < -0.3 is 19.5 Å². The molecule has 1 saturated heterocycles. The Labute approximate surface area is 127 Å². The van der Waals surface area contributed by atoms with E-state index in [-0.39, 0.29) is 6.54 Å². The van der Waals surface area contributed by atoms with Crippen molar-refractivity contribution in [1.82, 2.24) is 5.32 Å². The first-order valence-electron chi connectivity index (χ1n) is 7.26. The Bertz CT molecular complexity index is 288. The standard InChI is InChI=1S/C11H21NO4.C4H8O/c1-10(2,3)15-8(13)7-12-9(14)16-11(4,5)6;1-2-4-5-3-1/h7H2,1-6H3,(H,12,14);1-4H2. The summed E-state index contributed by atoms with van der Waals surface area (Å²) in [6, 6.07) is 0. The molecule has 0 unspecified atom stereocenters. The number of rotatable bonds is 2. The lowest BCUT2D eigenvalue weighted by atomic mass is 10.2. The van der Waals surface area contributed by atoms with Crippen LogP contribution in [0.3, 0.4) is 0 Å². The number of carbonyl (C=O) groups is 2. The van der Waals surface area contributed by atoms with Gasteiger partial charge in [-0.1, -0.05) is 0 Å². The van der Waals surface area contributed by atoms with Crippen molar-refractivity contribution in [1.29, 1.82) is 0 Å².